The average molecular weight is 215 g/mol. The first-order valence-corrected chi connectivity index (χ1v) is 5.73. The summed E-state index contributed by atoms with van der Waals surface area (Å²) in [6.07, 6.45) is 5.75. The molecule has 1 heterocycles. The first-order valence-electron chi connectivity index (χ1n) is 5.73. The second kappa shape index (κ2) is 3.74. The van der Waals surface area contributed by atoms with Gasteiger partial charge in [0, 0.05) is 16.9 Å². The van der Waals surface area contributed by atoms with E-state index in [0.717, 1.165) is 22.9 Å². The van der Waals surface area contributed by atoms with Crippen LogP contribution in [0.4, 0.5) is 0 Å². The maximum Gasteiger partial charge on any atom is 0.150 e. The van der Waals surface area contributed by atoms with Crippen LogP contribution in [0.15, 0.2) is 22.7 Å². The maximum absolute atomic E-state index is 10.8. The van der Waals surface area contributed by atoms with Gasteiger partial charge in [-0.05, 0) is 31.0 Å². The van der Waals surface area contributed by atoms with Gasteiger partial charge in [0.15, 0.2) is 0 Å². The third-order valence-corrected chi connectivity index (χ3v) is 3.39. The number of hydrogen-bond acceptors (Lipinski definition) is 3. The van der Waals surface area contributed by atoms with E-state index in [1.807, 2.05) is 12.1 Å². The van der Waals surface area contributed by atoms with Gasteiger partial charge in [-0.1, -0.05) is 18.0 Å². The Hall–Kier alpha value is -1.64. The molecule has 1 aromatic heterocycles. The fourth-order valence-corrected chi connectivity index (χ4v) is 2.53. The van der Waals surface area contributed by atoms with E-state index < -0.39 is 0 Å². The van der Waals surface area contributed by atoms with Crippen LogP contribution in [-0.4, -0.2) is 11.4 Å². The average Bonchev–Trinajstić information content (AvgIpc) is 2.96. The maximum atomic E-state index is 10.8. The van der Waals surface area contributed by atoms with Gasteiger partial charge >= 0.3 is 0 Å². The van der Waals surface area contributed by atoms with Gasteiger partial charge in [0.05, 0.1) is 0 Å². The van der Waals surface area contributed by atoms with E-state index in [-0.39, 0.29) is 0 Å². The highest BCUT2D eigenvalue weighted by atomic mass is 16.5. The number of aromatic nitrogens is 1. The van der Waals surface area contributed by atoms with Crippen molar-refractivity contribution in [1.82, 2.24) is 5.16 Å². The van der Waals surface area contributed by atoms with E-state index in [4.69, 9.17) is 4.52 Å². The lowest BCUT2D eigenvalue weighted by Crippen LogP contribution is -1.90. The molecule has 0 bridgehead atoms. The number of carbonyl (C=O) groups excluding carboxylic acids is 1. The van der Waals surface area contributed by atoms with Crippen LogP contribution in [0, 0.1) is 0 Å². The molecule has 2 aromatic rings. The molecule has 0 N–H and O–H groups in total. The monoisotopic (exact) mass is 215 g/mol. The summed E-state index contributed by atoms with van der Waals surface area (Å²) in [5.74, 6) is 1.46. The summed E-state index contributed by atoms with van der Waals surface area (Å²) in [6, 6.07) is 5.50. The predicted molar refractivity (Wildman–Crippen MR) is 60.6 cm³/mol. The van der Waals surface area contributed by atoms with Crippen LogP contribution in [0.5, 0.6) is 0 Å². The van der Waals surface area contributed by atoms with E-state index >= 15 is 0 Å². The van der Waals surface area contributed by atoms with Crippen LogP contribution in [-0.2, 0) is 0 Å². The summed E-state index contributed by atoms with van der Waals surface area (Å²) in [5.41, 5.74) is 1.54. The number of benzene rings is 1. The lowest BCUT2D eigenvalue weighted by molar-refractivity contribution is 0.112. The Labute approximate surface area is 93.4 Å². The summed E-state index contributed by atoms with van der Waals surface area (Å²) in [7, 11) is 0. The van der Waals surface area contributed by atoms with Crippen LogP contribution in [0.2, 0.25) is 0 Å². The molecule has 1 aliphatic carbocycles. The Morgan fingerprint density at radius 1 is 1.31 bits per heavy atom. The molecule has 3 heteroatoms. The van der Waals surface area contributed by atoms with Crippen molar-refractivity contribution in [2.24, 2.45) is 0 Å². The minimum absolute atomic E-state index is 0.493. The second-order valence-electron chi connectivity index (χ2n) is 4.42. The normalized spacial score (nSPS) is 17.0. The highest BCUT2D eigenvalue weighted by Crippen LogP contribution is 2.37. The molecule has 1 aromatic carbocycles. The standard InChI is InChI=1S/C13H13NO2/c15-8-9-5-6-12-11(7-9)13(16-14-12)10-3-1-2-4-10/h5-8,10H,1-4H2. The zero-order valence-electron chi connectivity index (χ0n) is 8.98. The van der Waals surface area contributed by atoms with E-state index in [2.05, 4.69) is 5.16 Å². The number of hydrogen-bond donors (Lipinski definition) is 0. The van der Waals surface area contributed by atoms with Crippen molar-refractivity contribution in [3.05, 3.63) is 29.5 Å². The van der Waals surface area contributed by atoms with Crippen molar-refractivity contribution in [1.29, 1.82) is 0 Å². The summed E-state index contributed by atoms with van der Waals surface area (Å²) in [5, 5.41) is 5.06. The molecule has 3 rings (SSSR count). The predicted octanol–water partition coefficient (Wildman–Crippen LogP) is 3.30. The van der Waals surface area contributed by atoms with E-state index in [9.17, 15) is 4.79 Å². The molecule has 0 aliphatic heterocycles. The van der Waals surface area contributed by atoms with Gasteiger partial charge in [0.25, 0.3) is 0 Å². The SMILES string of the molecule is O=Cc1ccc2noc(C3CCCC3)c2c1. The summed E-state index contributed by atoms with van der Waals surface area (Å²) < 4.78 is 5.43. The van der Waals surface area contributed by atoms with Crippen LogP contribution < -0.4 is 0 Å². The first-order chi connectivity index (χ1) is 7.88. The summed E-state index contributed by atoms with van der Waals surface area (Å²) >= 11 is 0. The van der Waals surface area contributed by atoms with E-state index in [0.29, 0.717) is 11.5 Å². The number of fused-ring (bicyclic) bond motifs is 1. The quantitative estimate of drug-likeness (QED) is 0.722. The molecule has 82 valence electrons. The zero-order chi connectivity index (χ0) is 11.0. The van der Waals surface area contributed by atoms with Crippen molar-refractivity contribution >= 4 is 17.2 Å². The minimum Gasteiger partial charge on any atom is -0.360 e. The third-order valence-electron chi connectivity index (χ3n) is 3.39. The molecule has 1 aliphatic rings. The molecule has 0 saturated heterocycles. The zero-order valence-corrected chi connectivity index (χ0v) is 8.98. The largest absolute Gasteiger partial charge is 0.360 e. The van der Waals surface area contributed by atoms with Gasteiger partial charge in [-0.3, -0.25) is 4.79 Å². The molecule has 0 atom stereocenters. The summed E-state index contributed by atoms with van der Waals surface area (Å²) in [6.45, 7) is 0. The molecule has 0 radical (unpaired) electrons. The van der Waals surface area contributed by atoms with Crippen molar-refractivity contribution < 1.29 is 9.32 Å². The molecular formula is C13H13NO2. The Bertz CT molecular complexity index is 524. The van der Waals surface area contributed by atoms with Crippen molar-refractivity contribution in [3.8, 4) is 0 Å². The molecule has 0 unspecified atom stereocenters. The van der Waals surface area contributed by atoms with Gasteiger partial charge in [0.2, 0.25) is 0 Å². The molecule has 16 heavy (non-hydrogen) atoms. The highest BCUT2D eigenvalue weighted by Gasteiger charge is 2.23. The van der Waals surface area contributed by atoms with Gasteiger partial charge in [-0.25, -0.2) is 0 Å². The lowest BCUT2D eigenvalue weighted by Gasteiger charge is -2.03. The fourth-order valence-electron chi connectivity index (χ4n) is 2.53. The topological polar surface area (TPSA) is 43.1 Å². The highest BCUT2D eigenvalue weighted by molar-refractivity contribution is 5.88. The van der Waals surface area contributed by atoms with Crippen LogP contribution >= 0.6 is 0 Å². The van der Waals surface area contributed by atoms with Gasteiger partial charge < -0.3 is 4.52 Å². The molecule has 3 nitrogen and oxygen atoms in total. The molecule has 0 spiro atoms. The third kappa shape index (κ3) is 1.43. The molecule has 0 amide bonds. The number of aldehydes is 1. The van der Waals surface area contributed by atoms with E-state index in [1.165, 1.54) is 25.7 Å². The number of carbonyl (C=O) groups is 1. The van der Waals surface area contributed by atoms with Gasteiger partial charge in [-0.15, -0.1) is 0 Å². The van der Waals surface area contributed by atoms with Crippen LogP contribution in [0.1, 0.15) is 47.7 Å². The smallest absolute Gasteiger partial charge is 0.150 e. The van der Waals surface area contributed by atoms with Gasteiger partial charge in [0.1, 0.15) is 17.6 Å². The molecule has 1 fully saturated rings. The number of rotatable bonds is 2. The second-order valence-corrected chi connectivity index (χ2v) is 4.42. The van der Waals surface area contributed by atoms with E-state index in [1.54, 1.807) is 6.07 Å². The molecular weight excluding hydrogens is 202 g/mol. The lowest BCUT2D eigenvalue weighted by atomic mass is 10.0. The minimum atomic E-state index is 0.493. The fraction of sp³-hybridized carbons (Fsp3) is 0.385. The molecule has 1 saturated carbocycles. The summed E-state index contributed by atoms with van der Waals surface area (Å²) in [4.78, 5) is 10.8. The Kier molecular flexibility index (Phi) is 2.24. The van der Waals surface area contributed by atoms with Crippen molar-refractivity contribution in [3.63, 3.8) is 0 Å². The Morgan fingerprint density at radius 3 is 2.88 bits per heavy atom. The van der Waals surface area contributed by atoms with Crippen molar-refractivity contribution in [2.75, 3.05) is 0 Å². The Balaban J connectivity index is 2.13. The Morgan fingerprint density at radius 2 is 2.12 bits per heavy atom. The van der Waals surface area contributed by atoms with Gasteiger partial charge in [-0.2, -0.15) is 0 Å². The first kappa shape index (κ1) is 9.58. The van der Waals surface area contributed by atoms with Crippen LogP contribution in [0.3, 0.4) is 0 Å². The van der Waals surface area contributed by atoms with Crippen molar-refractivity contribution in [2.45, 2.75) is 31.6 Å². The number of nitrogens with zero attached hydrogens (tertiary/aromatic N) is 1. The van der Waals surface area contributed by atoms with Crippen LogP contribution in [0.25, 0.3) is 10.9 Å².